The van der Waals surface area contributed by atoms with Crippen molar-refractivity contribution >= 4 is 23.3 Å². The Balaban J connectivity index is 2.01. The standard InChI is InChI=1S/C24H33N3O5/c1-4-8-18-20(23(28)31-5-2)21(24(29)32-6-3)22-17(16-9-7-10-16)15-19(25-27(18)22)26-11-13-30-14-12-26/h15-16H,4-14H2,1-3H3. The average molecular weight is 444 g/mol. The lowest BCUT2D eigenvalue weighted by Crippen LogP contribution is -2.37. The molecule has 0 unspecified atom stereocenters. The Morgan fingerprint density at radius 1 is 1.06 bits per heavy atom. The molecule has 0 N–H and O–H groups in total. The number of fused-ring (bicyclic) bond motifs is 1. The number of anilines is 1. The first-order chi connectivity index (χ1) is 15.6. The maximum Gasteiger partial charge on any atom is 0.341 e. The van der Waals surface area contributed by atoms with Gasteiger partial charge in [0.25, 0.3) is 0 Å². The lowest BCUT2D eigenvalue weighted by atomic mass is 9.79. The van der Waals surface area contributed by atoms with Gasteiger partial charge in [-0.3, -0.25) is 0 Å². The molecule has 3 heterocycles. The van der Waals surface area contributed by atoms with Crippen LogP contribution in [0.25, 0.3) is 5.52 Å². The molecule has 0 bridgehead atoms. The number of rotatable bonds is 8. The highest BCUT2D eigenvalue weighted by Gasteiger charge is 2.35. The quantitative estimate of drug-likeness (QED) is 0.575. The van der Waals surface area contributed by atoms with Crippen molar-refractivity contribution in [2.75, 3.05) is 44.4 Å². The van der Waals surface area contributed by atoms with Crippen LogP contribution in [0.15, 0.2) is 6.07 Å². The summed E-state index contributed by atoms with van der Waals surface area (Å²) < 4.78 is 18.2. The molecule has 1 saturated heterocycles. The van der Waals surface area contributed by atoms with Gasteiger partial charge in [0.2, 0.25) is 0 Å². The van der Waals surface area contributed by atoms with E-state index in [1.807, 2.05) is 4.52 Å². The number of aryl methyl sites for hydroxylation is 1. The summed E-state index contributed by atoms with van der Waals surface area (Å²) in [6.07, 6.45) is 4.70. The van der Waals surface area contributed by atoms with Crippen molar-refractivity contribution in [1.29, 1.82) is 0 Å². The monoisotopic (exact) mass is 443 g/mol. The topological polar surface area (TPSA) is 82.4 Å². The summed E-state index contributed by atoms with van der Waals surface area (Å²) in [6, 6.07) is 2.11. The molecule has 0 radical (unpaired) electrons. The van der Waals surface area contributed by atoms with Crippen molar-refractivity contribution < 1.29 is 23.8 Å². The lowest BCUT2D eigenvalue weighted by molar-refractivity contribution is 0.0480. The van der Waals surface area contributed by atoms with Crippen LogP contribution in [0.5, 0.6) is 0 Å². The number of carbonyl (C=O) groups is 2. The normalized spacial score (nSPS) is 16.8. The molecule has 0 spiro atoms. The van der Waals surface area contributed by atoms with E-state index in [2.05, 4.69) is 17.9 Å². The van der Waals surface area contributed by atoms with Gasteiger partial charge in [-0.1, -0.05) is 19.8 Å². The highest BCUT2D eigenvalue weighted by Crippen LogP contribution is 2.42. The zero-order chi connectivity index (χ0) is 22.7. The predicted molar refractivity (Wildman–Crippen MR) is 121 cm³/mol. The number of hydrogen-bond acceptors (Lipinski definition) is 7. The molecule has 0 aromatic carbocycles. The molecule has 4 rings (SSSR count). The van der Waals surface area contributed by atoms with Crippen LogP contribution in [0.4, 0.5) is 5.82 Å². The van der Waals surface area contributed by atoms with E-state index in [4.69, 9.17) is 19.3 Å². The van der Waals surface area contributed by atoms with E-state index in [9.17, 15) is 9.59 Å². The van der Waals surface area contributed by atoms with Crippen LogP contribution in [0.3, 0.4) is 0 Å². The van der Waals surface area contributed by atoms with Gasteiger partial charge in [0.15, 0.2) is 0 Å². The second-order valence-electron chi connectivity index (χ2n) is 8.33. The molecule has 2 aromatic heterocycles. The number of nitrogens with zero attached hydrogens (tertiary/aromatic N) is 3. The van der Waals surface area contributed by atoms with Crippen LogP contribution < -0.4 is 4.90 Å². The second-order valence-corrected chi connectivity index (χ2v) is 8.33. The first kappa shape index (κ1) is 22.6. The predicted octanol–water partition coefficient (Wildman–Crippen LogP) is 3.74. The minimum absolute atomic E-state index is 0.236. The Labute approximate surface area is 188 Å². The zero-order valence-electron chi connectivity index (χ0n) is 19.3. The minimum Gasteiger partial charge on any atom is -0.462 e. The molecule has 1 saturated carbocycles. The molecular formula is C24H33N3O5. The SMILES string of the molecule is CCCc1c(C(=O)OCC)c(C(=O)OCC)c2c(C3CCC3)cc(N3CCOCC3)nn12. The summed E-state index contributed by atoms with van der Waals surface area (Å²) in [4.78, 5) is 28.5. The lowest BCUT2D eigenvalue weighted by Gasteiger charge is -2.31. The van der Waals surface area contributed by atoms with Gasteiger partial charge >= 0.3 is 11.9 Å². The van der Waals surface area contributed by atoms with Crippen molar-refractivity contribution in [1.82, 2.24) is 9.61 Å². The van der Waals surface area contributed by atoms with Gasteiger partial charge < -0.3 is 19.1 Å². The smallest absolute Gasteiger partial charge is 0.341 e. The fraction of sp³-hybridized carbons (Fsp3) is 0.625. The molecular weight excluding hydrogens is 410 g/mol. The molecule has 1 aliphatic heterocycles. The molecule has 2 fully saturated rings. The average Bonchev–Trinajstić information content (AvgIpc) is 3.08. The van der Waals surface area contributed by atoms with Crippen molar-refractivity contribution in [3.05, 3.63) is 28.5 Å². The number of aromatic nitrogens is 2. The van der Waals surface area contributed by atoms with Gasteiger partial charge in [-0.05, 0) is 50.7 Å². The van der Waals surface area contributed by atoms with E-state index in [1.165, 1.54) is 0 Å². The van der Waals surface area contributed by atoms with E-state index in [-0.39, 0.29) is 13.2 Å². The maximum atomic E-state index is 13.2. The Kier molecular flexibility index (Phi) is 6.98. The fourth-order valence-electron chi connectivity index (χ4n) is 4.60. The summed E-state index contributed by atoms with van der Waals surface area (Å²) >= 11 is 0. The largest absolute Gasteiger partial charge is 0.462 e. The third-order valence-electron chi connectivity index (χ3n) is 6.33. The van der Waals surface area contributed by atoms with Crippen LogP contribution in [-0.4, -0.2) is 61.1 Å². The van der Waals surface area contributed by atoms with E-state index >= 15 is 0 Å². The summed E-state index contributed by atoms with van der Waals surface area (Å²) in [7, 11) is 0. The van der Waals surface area contributed by atoms with Crippen LogP contribution in [-0.2, 0) is 20.6 Å². The van der Waals surface area contributed by atoms with Crippen LogP contribution in [0.2, 0.25) is 0 Å². The molecule has 2 aromatic rings. The second kappa shape index (κ2) is 9.90. The summed E-state index contributed by atoms with van der Waals surface area (Å²) in [6.45, 7) is 8.92. The Morgan fingerprint density at radius 2 is 1.72 bits per heavy atom. The summed E-state index contributed by atoms with van der Waals surface area (Å²) in [5.74, 6) is 0.225. The number of morpholine rings is 1. The molecule has 0 atom stereocenters. The van der Waals surface area contributed by atoms with Crippen molar-refractivity contribution in [3.63, 3.8) is 0 Å². The summed E-state index contributed by atoms with van der Waals surface area (Å²) in [5, 5.41) is 4.96. The maximum absolute atomic E-state index is 13.2. The van der Waals surface area contributed by atoms with E-state index in [0.717, 1.165) is 55.8 Å². The molecule has 8 heteroatoms. The van der Waals surface area contributed by atoms with Crippen LogP contribution in [0.1, 0.15) is 84.3 Å². The van der Waals surface area contributed by atoms with Crippen molar-refractivity contribution in [3.8, 4) is 0 Å². The first-order valence-corrected chi connectivity index (χ1v) is 11.9. The molecule has 0 amide bonds. The molecule has 174 valence electrons. The van der Waals surface area contributed by atoms with Gasteiger partial charge in [-0.2, -0.15) is 5.10 Å². The molecule has 1 aliphatic carbocycles. The number of carbonyl (C=O) groups excluding carboxylic acids is 2. The Hall–Kier alpha value is -2.61. The number of ether oxygens (including phenoxy) is 3. The van der Waals surface area contributed by atoms with Crippen molar-refractivity contribution in [2.24, 2.45) is 0 Å². The third-order valence-corrected chi connectivity index (χ3v) is 6.33. The third kappa shape index (κ3) is 4.08. The van der Waals surface area contributed by atoms with Gasteiger partial charge in [0.05, 0.1) is 43.2 Å². The van der Waals surface area contributed by atoms with Gasteiger partial charge in [-0.15, -0.1) is 0 Å². The number of esters is 2. The van der Waals surface area contributed by atoms with E-state index < -0.39 is 11.9 Å². The molecule has 2 aliphatic rings. The fourth-order valence-corrected chi connectivity index (χ4v) is 4.60. The highest BCUT2D eigenvalue weighted by atomic mass is 16.5. The van der Waals surface area contributed by atoms with Crippen LogP contribution in [0, 0.1) is 0 Å². The van der Waals surface area contributed by atoms with E-state index in [1.54, 1.807) is 13.8 Å². The minimum atomic E-state index is -0.489. The van der Waals surface area contributed by atoms with Gasteiger partial charge in [0.1, 0.15) is 11.4 Å². The van der Waals surface area contributed by atoms with Crippen LogP contribution >= 0.6 is 0 Å². The van der Waals surface area contributed by atoms with Gasteiger partial charge in [0, 0.05) is 13.1 Å². The highest BCUT2D eigenvalue weighted by molar-refractivity contribution is 6.10. The summed E-state index contributed by atoms with van der Waals surface area (Å²) in [5.41, 5.74) is 3.11. The molecule has 32 heavy (non-hydrogen) atoms. The molecule has 8 nitrogen and oxygen atoms in total. The number of hydrogen-bond donors (Lipinski definition) is 0. The van der Waals surface area contributed by atoms with E-state index in [0.29, 0.717) is 42.2 Å². The van der Waals surface area contributed by atoms with Crippen molar-refractivity contribution in [2.45, 2.75) is 58.8 Å². The first-order valence-electron chi connectivity index (χ1n) is 11.9. The Morgan fingerprint density at radius 3 is 2.28 bits per heavy atom. The Bertz CT molecular complexity index is 989. The van der Waals surface area contributed by atoms with Gasteiger partial charge in [-0.25, -0.2) is 14.1 Å². The zero-order valence-corrected chi connectivity index (χ0v) is 19.3.